The predicted molar refractivity (Wildman–Crippen MR) is 201 cm³/mol. The predicted octanol–water partition coefficient (Wildman–Crippen LogP) is 5.56. The lowest BCUT2D eigenvalue weighted by Crippen LogP contribution is -2.18. The Balaban J connectivity index is 1.15. The van der Waals surface area contributed by atoms with E-state index in [1.165, 1.54) is 0 Å². The number of rotatable bonds is 17. The van der Waals surface area contributed by atoms with E-state index < -0.39 is 0 Å². The van der Waals surface area contributed by atoms with Gasteiger partial charge < -0.3 is 43.4 Å². The fourth-order valence-corrected chi connectivity index (χ4v) is 4.88. The van der Waals surface area contributed by atoms with E-state index in [2.05, 4.69) is 61.8 Å². The summed E-state index contributed by atoms with van der Waals surface area (Å²) < 4.78 is 0. The standard InChI is InChI=1S/C36H40N14/c37-21-19-25-11-15-29(16-12-25)43-35-47-31(45-33(49-35)41-27-7-3-1-4-8-27)39-23-24-40-32-46-34(42-28-9-5-2-6-10-28)50-36(48-32)44-30-17-13-26(14-18-30)20-22-38/h1-18H,19-24,37-38H2,(H3,39,41,43,45,47,49)(H3,40,42,44,46,48,50). The largest absolute Gasteiger partial charge is 0.352 e. The van der Waals surface area contributed by atoms with Gasteiger partial charge in [0.1, 0.15) is 0 Å². The lowest BCUT2D eigenvalue weighted by Gasteiger charge is -2.13. The second-order valence-corrected chi connectivity index (χ2v) is 11.2. The molecule has 2 aromatic heterocycles. The highest BCUT2D eigenvalue weighted by atomic mass is 15.3. The zero-order valence-electron chi connectivity index (χ0n) is 27.5. The van der Waals surface area contributed by atoms with Gasteiger partial charge in [0.2, 0.25) is 35.7 Å². The number of anilines is 10. The number of benzene rings is 4. The molecule has 0 aliphatic rings. The molecule has 14 nitrogen and oxygen atoms in total. The molecule has 10 N–H and O–H groups in total. The number of nitrogens with two attached hydrogens (primary N) is 2. The lowest BCUT2D eigenvalue weighted by atomic mass is 10.1. The normalized spacial score (nSPS) is 10.7. The van der Waals surface area contributed by atoms with Crippen LogP contribution < -0.4 is 43.4 Å². The van der Waals surface area contributed by atoms with Crippen LogP contribution >= 0.6 is 0 Å². The molecule has 2 heterocycles. The first-order valence-corrected chi connectivity index (χ1v) is 16.4. The van der Waals surface area contributed by atoms with Crippen molar-refractivity contribution in [2.75, 3.05) is 58.1 Å². The van der Waals surface area contributed by atoms with Gasteiger partial charge in [-0.15, -0.1) is 0 Å². The van der Waals surface area contributed by atoms with Crippen LogP contribution in [0.1, 0.15) is 11.1 Å². The van der Waals surface area contributed by atoms with Gasteiger partial charge in [-0.3, -0.25) is 0 Å². The van der Waals surface area contributed by atoms with Crippen molar-refractivity contribution in [3.05, 3.63) is 120 Å². The molecule has 4 aromatic carbocycles. The first kappa shape index (κ1) is 33.5. The van der Waals surface area contributed by atoms with Crippen molar-refractivity contribution in [3.8, 4) is 0 Å². The zero-order chi connectivity index (χ0) is 34.4. The van der Waals surface area contributed by atoms with Crippen LogP contribution in [0.3, 0.4) is 0 Å². The Labute approximate surface area is 290 Å². The molecular formula is C36H40N14. The molecule has 0 saturated heterocycles. The summed E-state index contributed by atoms with van der Waals surface area (Å²) in [4.78, 5) is 27.6. The van der Waals surface area contributed by atoms with Crippen LogP contribution in [0.5, 0.6) is 0 Å². The van der Waals surface area contributed by atoms with Crippen LogP contribution in [0.4, 0.5) is 58.4 Å². The summed E-state index contributed by atoms with van der Waals surface area (Å²) in [6, 6.07) is 35.5. The first-order chi connectivity index (χ1) is 24.6. The van der Waals surface area contributed by atoms with E-state index in [0.29, 0.717) is 61.9 Å². The van der Waals surface area contributed by atoms with E-state index in [9.17, 15) is 0 Å². The van der Waals surface area contributed by atoms with Crippen molar-refractivity contribution in [3.63, 3.8) is 0 Å². The highest BCUT2D eigenvalue weighted by molar-refractivity contribution is 5.61. The molecule has 6 rings (SSSR count). The fraction of sp³-hybridized carbons (Fsp3) is 0.167. The van der Waals surface area contributed by atoms with Gasteiger partial charge >= 0.3 is 0 Å². The number of nitrogens with one attached hydrogen (secondary N) is 6. The van der Waals surface area contributed by atoms with Gasteiger partial charge in [0.25, 0.3) is 0 Å². The fourth-order valence-electron chi connectivity index (χ4n) is 4.88. The van der Waals surface area contributed by atoms with Crippen molar-refractivity contribution in [1.29, 1.82) is 0 Å². The molecular weight excluding hydrogens is 628 g/mol. The van der Waals surface area contributed by atoms with Crippen LogP contribution in [0.25, 0.3) is 0 Å². The number of aromatic nitrogens is 6. The quantitative estimate of drug-likeness (QED) is 0.0562. The molecule has 0 spiro atoms. The van der Waals surface area contributed by atoms with Crippen molar-refractivity contribution in [2.45, 2.75) is 12.8 Å². The minimum Gasteiger partial charge on any atom is -0.352 e. The minimum absolute atomic E-state index is 0.390. The van der Waals surface area contributed by atoms with Crippen molar-refractivity contribution < 1.29 is 0 Å². The average molecular weight is 669 g/mol. The maximum atomic E-state index is 5.70. The average Bonchev–Trinajstić information content (AvgIpc) is 3.13. The van der Waals surface area contributed by atoms with Crippen molar-refractivity contribution in [1.82, 2.24) is 29.9 Å². The molecule has 0 bridgehead atoms. The molecule has 6 aromatic rings. The summed E-state index contributed by atoms with van der Waals surface area (Å²) in [5, 5.41) is 19.7. The number of hydrogen-bond acceptors (Lipinski definition) is 14. The molecule has 0 aliphatic heterocycles. The van der Waals surface area contributed by atoms with Crippen LogP contribution in [-0.4, -0.2) is 56.1 Å². The molecule has 0 unspecified atom stereocenters. The molecule has 254 valence electrons. The Morgan fingerprint density at radius 3 is 0.980 bits per heavy atom. The Morgan fingerprint density at radius 2 is 0.660 bits per heavy atom. The molecule has 14 heteroatoms. The molecule has 0 amide bonds. The van der Waals surface area contributed by atoms with E-state index in [1.54, 1.807) is 0 Å². The van der Waals surface area contributed by atoms with Gasteiger partial charge in [-0.1, -0.05) is 60.7 Å². The maximum Gasteiger partial charge on any atom is 0.233 e. The Morgan fingerprint density at radius 1 is 0.360 bits per heavy atom. The smallest absolute Gasteiger partial charge is 0.233 e. The Kier molecular flexibility index (Phi) is 11.5. The summed E-state index contributed by atoms with van der Waals surface area (Å²) in [5.41, 5.74) is 17.1. The molecule has 0 fully saturated rings. The molecule has 50 heavy (non-hydrogen) atoms. The number of para-hydroxylation sites is 2. The van der Waals surface area contributed by atoms with E-state index in [4.69, 9.17) is 11.5 Å². The molecule has 0 radical (unpaired) electrons. The Bertz CT molecular complexity index is 1780. The van der Waals surface area contributed by atoms with Crippen LogP contribution in [0.15, 0.2) is 109 Å². The summed E-state index contributed by atoms with van der Waals surface area (Å²) in [5.74, 6) is 2.35. The van der Waals surface area contributed by atoms with Gasteiger partial charge in [0, 0.05) is 35.8 Å². The highest BCUT2D eigenvalue weighted by Crippen LogP contribution is 2.21. The summed E-state index contributed by atoms with van der Waals surface area (Å²) in [7, 11) is 0. The third-order valence-electron chi connectivity index (χ3n) is 7.31. The summed E-state index contributed by atoms with van der Waals surface area (Å²) in [6.07, 6.45) is 1.63. The van der Waals surface area contributed by atoms with Gasteiger partial charge in [-0.25, -0.2) is 0 Å². The third kappa shape index (κ3) is 10.1. The molecule has 0 saturated carbocycles. The summed E-state index contributed by atoms with van der Waals surface area (Å²) >= 11 is 0. The first-order valence-electron chi connectivity index (χ1n) is 16.4. The third-order valence-corrected chi connectivity index (χ3v) is 7.31. The SMILES string of the molecule is NCCc1ccc(Nc2nc(NCCNc3nc(Nc4ccccc4)nc(Nc4ccc(CCN)cc4)n3)nc(Nc3ccccc3)n2)cc1. The highest BCUT2D eigenvalue weighted by Gasteiger charge is 2.10. The molecule has 0 atom stereocenters. The second kappa shape index (κ2) is 17.1. The zero-order valence-corrected chi connectivity index (χ0v) is 27.5. The monoisotopic (exact) mass is 668 g/mol. The van der Waals surface area contributed by atoms with E-state index in [-0.39, 0.29) is 0 Å². The van der Waals surface area contributed by atoms with Gasteiger partial charge in [-0.05, 0) is 85.6 Å². The van der Waals surface area contributed by atoms with Gasteiger partial charge in [-0.2, -0.15) is 29.9 Å². The minimum atomic E-state index is 0.390. The van der Waals surface area contributed by atoms with Crippen LogP contribution in [0, 0.1) is 0 Å². The van der Waals surface area contributed by atoms with E-state index in [0.717, 1.165) is 46.7 Å². The number of hydrogen-bond donors (Lipinski definition) is 8. The lowest BCUT2D eigenvalue weighted by molar-refractivity contribution is 0.967. The van der Waals surface area contributed by atoms with Crippen molar-refractivity contribution >= 4 is 58.4 Å². The van der Waals surface area contributed by atoms with Crippen LogP contribution in [0.2, 0.25) is 0 Å². The van der Waals surface area contributed by atoms with Gasteiger partial charge in [0.05, 0.1) is 0 Å². The van der Waals surface area contributed by atoms with Crippen LogP contribution in [-0.2, 0) is 12.8 Å². The Hall–Kier alpha value is -6.38. The summed E-state index contributed by atoms with van der Waals surface area (Å²) in [6.45, 7) is 2.11. The number of nitrogens with zero attached hydrogens (tertiary/aromatic N) is 6. The van der Waals surface area contributed by atoms with E-state index in [1.807, 2.05) is 109 Å². The topological polar surface area (TPSA) is 202 Å². The van der Waals surface area contributed by atoms with Gasteiger partial charge in [0.15, 0.2) is 0 Å². The maximum absolute atomic E-state index is 5.70. The second-order valence-electron chi connectivity index (χ2n) is 11.2. The molecule has 0 aliphatic carbocycles. The van der Waals surface area contributed by atoms with E-state index >= 15 is 0 Å². The van der Waals surface area contributed by atoms with Crippen molar-refractivity contribution in [2.24, 2.45) is 11.5 Å².